The molecule has 0 aliphatic heterocycles. The van der Waals surface area contributed by atoms with Crippen molar-refractivity contribution < 1.29 is 9.53 Å². The van der Waals surface area contributed by atoms with E-state index in [1.54, 1.807) is 7.05 Å². The summed E-state index contributed by atoms with van der Waals surface area (Å²) in [6.45, 7) is 5.92. The van der Waals surface area contributed by atoms with Gasteiger partial charge in [-0.2, -0.15) is 0 Å². The van der Waals surface area contributed by atoms with Crippen molar-refractivity contribution in [3.8, 4) is 5.75 Å². The van der Waals surface area contributed by atoms with Crippen LogP contribution >= 0.6 is 11.8 Å². The van der Waals surface area contributed by atoms with Gasteiger partial charge in [0.2, 0.25) is 0 Å². The summed E-state index contributed by atoms with van der Waals surface area (Å²) in [4.78, 5) is 15.4. The number of carbonyl (C=O) groups excluding carboxylic acids is 1. The molecule has 0 aliphatic rings. The third kappa shape index (κ3) is 4.36. The van der Waals surface area contributed by atoms with E-state index in [1.165, 1.54) is 11.8 Å². The maximum atomic E-state index is 11.3. The van der Waals surface area contributed by atoms with Crippen LogP contribution in [0.25, 0.3) is 5.70 Å². The van der Waals surface area contributed by atoms with Crippen molar-refractivity contribution in [2.75, 3.05) is 13.3 Å². The van der Waals surface area contributed by atoms with Crippen molar-refractivity contribution in [2.45, 2.75) is 26.9 Å². The van der Waals surface area contributed by atoms with Gasteiger partial charge in [-0.15, -0.1) is 11.8 Å². The van der Waals surface area contributed by atoms with Crippen LogP contribution in [0.2, 0.25) is 0 Å². The molecule has 0 aliphatic carbocycles. The van der Waals surface area contributed by atoms with E-state index in [2.05, 4.69) is 4.99 Å². The van der Waals surface area contributed by atoms with Gasteiger partial charge in [-0.05, 0) is 56.4 Å². The zero-order valence-corrected chi connectivity index (χ0v) is 14.0. The largest absolute Gasteiger partial charge is 0.491 e. The summed E-state index contributed by atoms with van der Waals surface area (Å²) in [5.74, 6) is 0.823. The van der Waals surface area contributed by atoms with Crippen molar-refractivity contribution in [2.24, 2.45) is 10.7 Å². The maximum Gasteiger partial charge on any atom is 0.154 e. The first-order chi connectivity index (χ1) is 9.94. The molecule has 0 saturated carbocycles. The Labute approximate surface area is 130 Å². The number of aliphatic imine (C=N–C) groups is 1. The van der Waals surface area contributed by atoms with E-state index in [1.807, 2.05) is 45.2 Å². The lowest BCUT2D eigenvalue weighted by Crippen LogP contribution is -2.10. The standard InChI is InChI=1S/C16H22N2O2S/c1-10(2)20-14-7-6-12(8-11(14)3)15(17)13(9-19)16(18-4)21-5/h6-10H,17H2,1-5H3. The number of aryl methyl sites for hydroxylation is 1. The second-order valence-electron chi connectivity index (χ2n) is 4.82. The van der Waals surface area contributed by atoms with E-state index >= 15 is 0 Å². The van der Waals surface area contributed by atoms with E-state index < -0.39 is 0 Å². The van der Waals surface area contributed by atoms with Crippen LogP contribution in [-0.2, 0) is 4.79 Å². The van der Waals surface area contributed by atoms with Crippen molar-refractivity contribution in [3.63, 3.8) is 0 Å². The van der Waals surface area contributed by atoms with Gasteiger partial charge in [0.25, 0.3) is 0 Å². The molecule has 1 aromatic carbocycles. The predicted molar refractivity (Wildman–Crippen MR) is 91.0 cm³/mol. The van der Waals surface area contributed by atoms with E-state index in [9.17, 15) is 4.79 Å². The van der Waals surface area contributed by atoms with Crippen LogP contribution in [0.5, 0.6) is 5.75 Å². The Morgan fingerprint density at radius 3 is 2.52 bits per heavy atom. The molecule has 0 amide bonds. The number of ether oxygens (including phenoxy) is 1. The van der Waals surface area contributed by atoms with Gasteiger partial charge < -0.3 is 10.5 Å². The van der Waals surface area contributed by atoms with Crippen LogP contribution < -0.4 is 10.5 Å². The van der Waals surface area contributed by atoms with Crippen LogP contribution in [0.3, 0.4) is 0 Å². The minimum atomic E-state index is 0.114. The SMILES string of the molecule is CN=C(SC)C(C=O)=C(N)c1ccc(OC(C)C)c(C)c1. The molecule has 1 aromatic rings. The molecule has 0 fully saturated rings. The van der Waals surface area contributed by atoms with Gasteiger partial charge in [-0.25, -0.2) is 0 Å². The molecule has 0 radical (unpaired) electrons. The smallest absolute Gasteiger partial charge is 0.154 e. The third-order valence-corrected chi connectivity index (χ3v) is 3.67. The Morgan fingerprint density at radius 2 is 2.10 bits per heavy atom. The zero-order chi connectivity index (χ0) is 16.0. The quantitative estimate of drug-likeness (QED) is 0.393. The van der Waals surface area contributed by atoms with E-state index in [0.29, 0.717) is 16.3 Å². The molecule has 0 aromatic heterocycles. The summed E-state index contributed by atoms with van der Waals surface area (Å²) in [7, 11) is 1.65. The van der Waals surface area contributed by atoms with Crippen LogP contribution in [0.1, 0.15) is 25.0 Å². The summed E-state index contributed by atoms with van der Waals surface area (Å²) in [6.07, 6.45) is 2.73. The van der Waals surface area contributed by atoms with Gasteiger partial charge in [-0.1, -0.05) is 0 Å². The van der Waals surface area contributed by atoms with Crippen LogP contribution in [0.15, 0.2) is 28.8 Å². The predicted octanol–water partition coefficient (Wildman–Crippen LogP) is 3.04. The summed E-state index contributed by atoms with van der Waals surface area (Å²) < 4.78 is 5.70. The Bertz CT molecular complexity index is 578. The molecule has 0 spiro atoms. The number of thioether (sulfide) groups is 1. The molecule has 114 valence electrons. The van der Waals surface area contributed by atoms with Crippen molar-refractivity contribution >= 4 is 28.8 Å². The molecular formula is C16H22N2O2S. The van der Waals surface area contributed by atoms with Gasteiger partial charge in [0.1, 0.15) is 10.8 Å². The second-order valence-corrected chi connectivity index (χ2v) is 5.62. The first kappa shape index (κ1) is 17.3. The van der Waals surface area contributed by atoms with E-state index in [0.717, 1.165) is 23.2 Å². The lowest BCUT2D eigenvalue weighted by atomic mass is 10.0. The summed E-state index contributed by atoms with van der Waals surface area (Å²) in [5, 5.41) is 0.627. The molecule has 0 atom stereocenters. The first-order valence-corrected chi connectivity index (χ1v) is 7.90. The van der Waals surface area contributed by atoms with Gasteiger partial charge in [0.15, 0.2) is 6.29 Å². The molecule has 4 nitrogen and oxygen atoms in total. The minimum Gasteiger partial charge on any atom is -0.491 e. The molecule has 0 heterocycles. The van der Waals surface area contributed by atoms with Gasteiger partial charge in [0.05, 0.1) is 17.4 Å². The van der Waals surface area contributed by atoms with E-state index in [-0.39, 0.29) is 6.10 Å². The number of nitrogens with two attached hydrogens (primary N) is 1. The number of hydrogen-bond acceptors (Lipinski definition) is 5. The molecule has 2 N–H and O–H groups in total. The fourth-order valence-electron chi connectivity index (χ4n) is 1.91. The van der Waals surface area contributed by atoms with Gasteiger partial charge in [0, 0.05) is 7.05 Å². The summed E-state index contributed by atoms with van der Waals surface area (Å²) >= 11 is 1.40. The Kier molecular flexibility index (Phi) is 6.49. The Hall–Kier alpha value is -1.75. The monoisotopic (exact) mass is 306 g/mol. The lowest BCUT2D eigenvalue weighted by molar-refractivity contribution is -0.104. The number of carbonyl (C=O) groups is 1. The average molecular weight is 306 g/mol. The van der Waals surface area contributed by atoms with Crippen molar-refractivity contribution in [1.82, 2.24) is 0 Å². The highest BCUT2D eigenvalue weighted by Crippen LogP contribution is 2.25. The van der Waals surface area contributed by atoms with Crippen LogP contribution in [0.4, 0.5) is 0 Å². The molecule has 0 unspecified atom stereocenters. The first-order valence-electron chi connectivity index (χ1n) is 6.68. The number of nitrogens with zero attached hydrogens (tertiary/aromatic N) is 1. The molecule has 5 heteroatoms. The minimum absolute atomic E-state index is 0.114. The molecular weight excluding hydrogens is 284 g/mol. The molecule has 0 bridgehead atoms. The van der Waals surface area contributed by atoms with Crippen LogP contribution in [-0.4, -0.2) is 30.7 Å². The second kappa shape index (κ2) is 7.88. The Balaban J connectivity index is 3.26. The molecule has 0 saturated heterocycles. The molecule has 1 rings (SSSR count). The molecule has 21 heavy (non-hydrogen) atoms. The highest BCUT2D eigenvalue weighted by atomic mass is 32.2. The maximum absolute atomic E-state index is 11.3. The fraction of sp³-hybridized carbons (Fsp3) is 0.375. The Morgan fingerprint density at radius 1 is 1.43 bits per heavy atom. The fourth-order valence-corrected chi connectivity index (χ4v) is 2.47. The number of benzene rings is 1. The number of rotatable bonds is 5. The summed E-state index contributed by atoms with van der Waals surface area (Å²) in [6, 6.07) is 5.66. The third-order valence-electron chi connectivity index (χ3n) is 2.88. The number of hydrogen-bond donors (Lipinski definition) is 1. The highest BCUT2D eigenvalue weighted by molar-refractivity contribution is 8.14. The summed E-state index contributed by atoms with van der Waals surface area (Å²) in [5.41, 5.74) is 8.76. The zero-order valence-electron chi connectivity index (χ0n) is 13.1. The normalized spacial score (nSPS) is 13.1. The van der Waals surface area contributed by atoms with Gasteiger partial charge >= 0.3 is 0 Å². The average Bonchev–Trinajstić information content (AvgIpc) is 2.45. The van der Waals surface area contributed by atoms with Crippen molar-refractivity contribution in [1.29, 1.82) is 0 Å². The number of aldehydes is 1. The van der Waals surface area contributed by atoms with Gasteiger partial charge in [-0.3, -0.25) is 9.79 Å². The highest BCUT2D eigenvalue weighted by Gasteiger charge is 2.12. The van der Waals surface area contributed by atoms with Crippen molar-refractivity contribution in [3.05, 3.63) is 34.9 Å². The lowest BCUT2D eigenvalue weighted by Gasteiger charge is -2.14. The van der Waals surface area contributed by atoms with Crippen LogP contribution in [0, 0.1) is 6.92 Å². The van der Waals surface area contributed by atoms with E-state index in [4.69, 9.17) is 10.5 Å². The topological polar surface area (TPSA) is 64.7 Å².